The lowest BCUT2D eigenvalue weighted by molar-refractivity contribution is -0.211. The van der Waals surface area contributed by atoms with E-state index in [1.807, 2.05) is 36.4 Å². The quantitative estimate of drug-likeness (QED) is 0.249. The van der Waals surface area contributed by atoms with E-state index >= 15 is 0 Å². The molecule has 0 fully saturated rings. The summed E-state index contributed by atoms with van der Waals surface area (Å²) >= 11 is 0. The highest BCUT2D eigenvalue weighted by atomic mass is 19.4. The normalized spacial score (nSPS) is 17.1. The lowest BCUT2D eigenvalue weighted by Crippen LogP contribution is -2.34. The van der Waals surface area contributed by atoms with Crippen molar-refractivity contribution in [1.82, 2.24) is 0 Å². The van der Waals surface area contributed by atoms with Gasteiger partial charge in [0.2, 0.25) is 0 Å². The summed E-state index contributed by atoms with van der Waals surface area (Å²) in [4.78, 5) is 0. The molecule has 178 valence electrons. The predicted molar refractivity (Wildman–Crippen MR) is 138 cm³/mol. The third kappa shape index (κ3) is 4.12. The van der Waals surface area contributed by atoms with Crippen molar-refractivity contribution in [2.75, 3.05) is 0 Å². The first-order chi connectivity index (χ1) is 19.7. The number of hydrogen-bond donors (Lipinski definition) is 0. The van der Waals surface area contributed by atoms with E-state index in [0.29, 0.717) is 36.1 Å². The van der Waals surface area contributed by atoms with Gasteiger partial charge >= 0.3 is 6.18 Å². The van der Waals surface area contributed by atoms with Gasteiger partial charge in [0.15, 0.2) is 0 Å². The number of para-hydroxylation sites is 2. The second kappa shape index (κ2) is 8.30. The van der Waals surface area contributed by atoms with Crippen LogP contribution >= 0.6 is 0 Å². The maximum Gasteiger partial charge on any atom is 0.394 e. The Labute approximate surface area is 214 Å². The monoisotopic (exact) mass is 480 g/mol. The van der Waals surface area contributed by atoms with Gasteiger partial charge in [-0.1, -0.05) is 80.6 Å². The molecule has 0 aliphatic carbocycles. The van der Waals surface area contributed by atoms with E-state index < -0.39 is 42.8 Å². The SMILES string of the molecule is [2H]C([2H])([2H])c1ccc(-c2cccc3c2oc2ccccc23)cc1-c1ccc(C([2H])([2H])C(C)(C)C(F)(F)F)cc1C([2H])([2H])[2H]. The van der Waals surface area contributed by atoms with E-state index in [-0.39, 0.29) is 16.7 Å². The molecule has 0 amide bonds. The van der Waals surface area contributed by atoms with Crippen molar-refractivity contribution < 1.29 is 28.6 Å². The van der Waals surface area contributed by atoms with Crippen LogP contribution in [0.25, 0.3) is 44.2 Å². The second-order valence-corrected chi connectivity index (χ2v) is 9.05. The van der Waals surface area contributed by atoms with E-state index in [9.17, 15) is 13.2 Å². The lowest BCUT2D eigenvalue weighted by Gasteiger charge is -2.28. The van der Waals surface area contributed by atoms with Gasteiger partial charge < -0.3 is 4.42 Å². The zero-order valence-corrected chi connectivity index (χ0v) is 19.0. The van der Waals surface area contributed by atoms with Crippen LogP contribution in [-0.2, 0) is 6.37 Å². The molecule has 4 aromatic carbocycles. The standard InChI is InChI=1S/C31H27F3O/c1-19-12-14-22(24-9-7-10-26-25-8-5-6-11-28(25)35-29(24)26)17-27(19)23-15-13-21(16-20(23)2)18-30(3,4)31(32,33)34/h5-17H,18H2,1-4H3/i1D3,2D3,18D2. The summed E-state index contributed by atoms with van der Waals surface area (Å²) < 4.78 is 113. The molecule has 0 saturated heterocycles. The van der Waals surface area contributed by atoms with Crippen molar-refractivity contribution in [3.05, 3.63) is 95.6 Å². The van der Waals surface area contributed by atoms with Gasteiger partial charge in [0, 0.05) is 27.3 Å². The van der Waals surface area contributed by atoms with Crippen LogP contribution in [0.2, 0.25) is 0 Å². The molecule has 0 atom stereocenters. The molecule has 1 heterocycles. The Morgan fingerprint density at radius 3 is 2.31 bits per heavy atom. The average Bonchev–Trinajstić information content (AvgIpc) is 3.29. The van der Waals surface area contributed by atoms with Crippen molar-refractivity contribution in [2.24, 2.45) is 5.41 Å². The van der Waals surface area contributed by atoms with Crippen LogP contribution in [0.15, 0.2) is 83.3 Å². The molecular weight excluding hydrogens is 445 g/mol. The third-order valence-corrected chi connectivity index (χ3v) is 6.21. The summed E-state index contributed by atoms with van der Waals surface area (Å²) in [5, 5.41) is 1.71. The molecule has 0 bridgehead atoms. The van der Waals surface area contributed by atoms with E-state index in [4.69, 9.17) is 15.4 Å². The number of benzene rings is 4. The smallest absolute Gasteiger partial charge is 0.394 e. The molecule has 5 aromatic rings. The first kappa shape index (κ1) is 15.5. The van der Waals surface area contributed by atoms with Gasteiger partial charge in [-0.15, -0.1) is 0 Å². The molecule has 0 N–H and O–H groups in total. The molecule has 4 heteroatoms. The first-order valence-corrected chi connectivity index (χ1v) is 11.0. The molecule has 0 aliphatic rings. The highest BCUT2D eigenvalue weighted by Crippen LogP contribution is 2.41. The number of alkyl halides is 3. The fourth-order valence-corrected chi connectivity index (χ4v) is 4.20. The molecule has 5 rings (SSSR count). The Kier molecular flexibility index (Phi) is 3.67. The molecule has 1 aromatic heterocycles. The molecule has 1 nitrogen and oxygen atoms in total. The molecule has 0 radical (unpaired) electrons. The van der Waals surface area contributed by atoms with E-state index in [0.717, 1.165) is 22.9 Å². The largest absolute Gasteiger partial charge is 0.455 e. The van der Waals surface area contributed by atoms with Crippen molar-refractivity contribution in [3.8, 4) is 22.3 Å². The molecule has 0 aliphatic heterocycles. The molecule has 0 saturated carbocycles. The number of rotatable bonds is 4. The van der Waals surface area contributed by atoms with Crippen LogP contribution < -0.4 is 0 Å². The van der Waals surface area contributed by atoms with Crippen LogP contribution in [0.5, 0.6) is 0 Å². The maximum atomic E-state index is 13.8. The second-order valence-electron chi connectivity index (χ2n) is 9.05. The Morgan fingerprint density at radius 2 is 1.54 bits per heavy atom. The summed E-state index contributed by atoms with van der Waals surface area (Å²) in [6, 6.07) is 20.6. The summed E-state index contributed by atoms with van der Waals surface area (Å²) in [5.41, 5.74) is -1.62. The Bertz CT molecular complexity index is 1850. The number of furan rings is 1. The highest BCUT2D eigenvalue weighted by molar-refractivity contribution is 6.09. The third-order valence-electron chi connectivity index (χ3n) is 6.21. The zero-order chi connectivity index (χ0) is 31.8. The first-order valence-electron chi connectivity index (χ1n) is 15.0. The van der Waals surface area contributed by atoms with Gasteiger partial charge in [-0.25, -0.2) is 0 Å². The van der Waals surface area contributed by atoms with Crippen LogP contribution in [0.3, 0.4) is 0 Å². The number of hydrogen-bond acceptors (Lipinski definition) is 1. The molecular formula is C31H27F3O. The van der Waals surface area contributed by atoms with Crippen LogP contribution in [0.1, 0.15) is 41.5 Å². The number of fused-ring (bicyclic) bond motifs is 3. The van der Waals surface area contributed by atoms with Gasteiger partial charge in [-0.2, -0.15) is 13.2 Å². The minimum atomic E-state index is -4.93. The molecule has 35 heavy (non-hydrogen) atoms. The van der Waals surface area contributed by atoms with Crippen molar-refractivity contribution >= 4 is 21.9 Å². The van der Waals surface area contributed by atoms with Gasteiger partial charge in [-0.05, 0) is 65.6 Å². The average molecular weight is 481 g/mol. The van der Waals surface area contributed by atoms with Crippen molar-refractivity contribution in [3.63, 3.8) is 0 Å². The number of halogens is 3. The predicted octanol–water partition coefficient (Wildman–Crippen LogP) is 9.67. The van der Waals surface area contributed by atoms with Gasteiger partial charge in [-0.3, -0.25) is 0 Å². The summed E-state index contributed by atoms with van der Waals surface area (Å²) in [6.45, 7) is -4.16. The van der Waals surface area contributed by atoms with Gasteiger partial charge in [0.05, 0.1) is 5.41 Å². The van der Waals surface area contributed by atoms with Gasteiger partial charge in [0.1, 0.15) is 11.2 Å². The maximum absolute atomic E-state index is 13.8. The van der Waals surface area contributed by atoms with Crippen LogP contribution in [-0.4, -0.2) is 6.18 Å². The van der Waals surface area contributed by atoms with Crippen LogP contribution in [0.4, 0.5) is 13.2 Å². The Balaban J connectivity index is 1.77. The Hall–Kier alpha value is -3.53. The fourth-order valence-electron chi connectivity index (χ4n) is 4.20. The van der Waals surface area contributed by atoms with E-state index in [1.165, 1.54) is 18.2 Å². The van der Waals surface area contributed by atoms with Crippen LogP contribution in [0, 0.1) is 19.1 Å². The topological polar surface area (TPSA) is 13.1 Å². The highest BCUT2D eigenvalue weighted by Gasteiger charge is 2.46. The molecule has 0 spiro atoms. The fraction of sp³-hybridized carbons (Fsp3) is 0.226. The number of aryl methyl sites for hydroxylation is 2. The van der Waals surface area contributed by atoms with E-state index in [2.05, 4.69) is 0 Å². The van der Waals surface area contributed by atoms with E-state index in [1.54, 1.807) is 12.1 Å². The van der Waals surface area contributed by atoms with Crippen molar-refractivity contribution in [1.29, 1.82) is 0 Å². The van der Waals surface area contributed by atoms with Crippen molar-refractivity contribution in [2.45, 2.75) is 40.1 Å². The summed E-state index contributed by atoms with van der Waals surface area (Å²) in [7, 11) is 0. The lowest BCUT2D eigenvalue weighted by atomic mass is 9.83. The minimum absolute atomic E-state index is 0.0407. The zero-order valence-electron chi connectivity index (χ0n) is 27.0. The summed E-state index contributed by atoms with van der Waals surface area (Å²) in [5.74, 6) is 0. The minimum Gasteiger partial charge on any atom is -0.455 e. The Morgan fingerprint density at radius 1 is 0.771 bits per heavy atom. The summed E-state index contributed by atoms with van der Waals surface area (Å²) in [6.07, 6.45) is -7.94. The van der Waals surface area contributed by atoms with Gasteiger partial charge in [0.25, 0.3) is 0 Å². The molecule has 0 unspecified atom stereocenters.